The molecule has 4 nitrogen and oxygen atoms in total. The van der Waals surface area contributed by atoms with Crippen LogP contribution >= 0.6 is 0 Å². The number of halogens is 1. The van der Waals surface area contributed by atoms with Gasteiger partial charge in [0, 0.05) is 6.07 Å². The monoisotopic (exact) mass is 268 g/mol. The second-order valence-electron chi connectivity index (χ2n) is 4.06. The summed E-state index contributed by atoms with van der Waals surface area (Å²) in [5.41, 5.74) is 0.239. The van der Waals surface area contributed by atoms with E-state index in [2.05, 4.69) is 0 Å². The summed E-state index contributed by atoms with van der Waals surface area (Å²) in [7, 11) is 0. The van der Waals surface area contributed by atoms with E-state index in [1.54, 1.807) is 0 Å². The molecule has 0 amide bonds. The Balaban J connectivity index is 2.59. The van der Waals surface area contributed by atoms with Crippen LogP contribution in [0.4, 0.5) is 4.39 Å². The van der Waals surface area contributed by atoms with Crippen molar-refractivity contribution in [2.24, 2.45) is 0 Å². The first kappa shape index (κ1) is 15.1. The van der Waals surface area contributed by atoms with Crippen LogP contribution in [0.2, 0.25) is 0 Å². The van der Waals surface area contributed by atoms with E-state index in [-0.39, 0.29) is 23.7 Å². The minimum atomic E-state index is -0.535. The van der Waals surface area contributed by atoms with Crippen molar-refractivity contribution in [1.82, 2.24) is 0 Å². The van der Waals surface area contributed by atoms with Crippen LogP contribution in [0, 0.1) is 5.82 Å². The number of carbonyl (C=O) groups excluding carboxylic acids is 2. The molecule has 0 spiro atoms. The normalized spacial score (nSPS) is 10.1. The number of Topliss-reactive ketones (excluding diaryl/α,β-unsaturated/α-hetero) is 1. The zero-order valence-corrected chi connectivity index (χ0v) is 11.1. The molecule has 1 aromatic carbocycles. The molecule has 1 aromatic rings. The highest BCUT2D eigenvalue weighted by Gasteiger charge is 2.12. The quantitative estimate of drug-likeness (QED) is 0.433. The maximum atomic E-state index is 13.1. The number of carbonyl (C=O) groups is 2. The highest BCUT2D eigenvalue weighted by atomic mass is 19.1. The van der Waals surface area contributed by atoms with Crippen LogP contribution in [-0.4, -0.2) is 25.0 Å². The molecule has 0 aliphatic heterocycles. The third kappa shape index (κ3) is 5.07. The lowest BCUT2D eigenvalue weighted by Crippen LogP contribution is -2.16. The number of unbranched alkanes of at least 4 members (excludes halogenated alkanes) is 1. The molecular weight excluding hydrogens is 251 g/mol. The van der Waals surface area contributed by atoms with E-state index in [1.165, 1.54) is 19.1 Å². The van der Waals surface area contributed by atoms with Crippen molar-refractivity contribution >= 4 is 11.8 Å². The summed E-state index contributed by atoms with van der Waals surface area (Å²) in [6.07, 6.45) is 1.71. The van der Waals surface area contributed by atoms with Gasteiger partial charge in [0.2, 0.25) is 0 Å². The molecule has 0 radical (unpaired) electrons. The average Bonchev–Trinajstić information content (AvgIpc) is 2.36. The highest BCUT2D eigenvalue weighted by Crippen LogP contribution is 2.20. The maximum Gasteiger partial charge on any atom is 0.344 e. The Bertz CT molecular complexity index is 457. The van der Waals surface area contributed by atoms with Gasteiger partial charge in [-0.15, -0.1) is 0 Å². The van der Waals surface area contributed by atoms with Gasteiger partial charge in [-0.2, -0.15) is 0 Å². The highest BCUT2D eigenvalue weighted by molar-refractivity contribution is 5.96. The molecule has 0 aliphatic carbocycles. The van der Waals surface area contributed by atoms with Gasteiger partial charge in [-0.3, -0.25) is 4.79 Å². The van der Waals surface area contributed by atoms with E-state index in [0.29, 0.717) is 6.61 Å². The average molecular weight is 268 g/mol. The van der Waals surface area contributed by atoms with Crippen molar-refractivity contribution in [1.29, 1.82) is 0 Å². The van der Waals surface area contributed by atoms with Gasteiger partial charge in [0.25, 0.3) is 0 Å². The molecule has 0 unspecified atom stereocenters. The first-order chi connectivity index (χ1) is 9.04. The Labute approximate surface area is 111 Å². The Kier molecular flexibility index (Phi) is 5.99. The summed E-state index contributed by atoms with van der Waals surface area (Å²) in [5, 5.41) is 0. The van der Waals surface area contributed by atoms with Gasteiger partial charge < -0.3 is 9.47 Å². The predicted octanol–water partition coefficient (Wildman–Crippen LogP) is 2.75. The molecule has 0 fully saturated rings. The Morgan fingerprint density at radius 1 is 1.32 bits per heavy atom. The fraction of sp³-hybridized carbons (Fsp3) is 0.429. The number of benzene rings is 1. The molecule has 0 N–H and O–H groups in total. The lowest BCUT2D eigenvalue weighted by Gasteiger charge is -2.09. The van der Waals surface area contributed by atoms with E-state index < -0.39 is 11.8 Å². The number of hydrogen-bond donors (Lipinski definition) is 0. The van der Waals surface area contributed by atoms with Crippen LogP contribution in [0.5, 0.6) is 5.75 Å². The van der Waals surface area contributed by atoms with Crippen molar-refractivity contribution in [3.8, 4) is 5.75 Å². The van der Waals surface area contributed by atoms with Gasteiger partial charge in [0.1, 0.15) is 11.6 Å². The molecule has 0 saturated heterocycles. The van der Waals surface area contributed by atoms with E-state index in [1.807, 2.05) is 6.92 Å². The summed E-state index contributed by atoms with van der Waals surface area (Å²) in [4.78, 5) is 22.6. The predicted molar refractivity (Wildman–Crippen MR) is 67.8 cm³/mol. The summed E-state index contributed by atoms with van der Waals surface area (Å²) in [6.45, 7) is 3.32. The number of ketones is 1. The van der Waals surface area contributed by atoms with Crippen molar-refractivity contribution in [3.05, 3.63) is 29.6 Å². The Hall–Kier alpha value is -1.91. The van der Waals surface area contributed by atoms with E-state index >= 15 is 0 Å². The lowest BCUT2D eigenvalue weighted by molar-refractivity contribution is -0.146. The summed E-state index contributed by atoms with van der Waals surface area (Å²) >= 11 is 0. The standard InChI is InChI=1S/C14H17FO4/c1-3-4-7-18-14(17)9-19-13-8-11(15)5-6-12(13)10(2)16/h5-6,8H,3-4,7,9H2,1-2H3. The summed E-state index contributed by atoms with van der Waals surface area (Å²) in [6, 6.07) is 3.58. The molecular formula is C14H17FO4. The third-order valence-electron chi connectivity index (χ3n) is 2.43. The van der Waals surface area contributed by atoms with Crippen molar-refractivity contribution < 1.29 is 23.5 Å². The van der Waals surface area contributed by atoms with Crippen molar-refractivity contribution in [2.45, 2.75) is 26.7 Å². The smallest absolute Gasteiger partial charge is 0.344 e. The van der Waals surface area contributed by atoms with E-state index in [9.17, 15) is 14.0 Å². The maximum absolute atomic E-state index is 13.1. The molecule has 0 aromatic heterocycles. The molecule has 104 valence electrons. The molecule has 0 bridgehead atoms. The molecule has 1 rings (SSSR count). The van der Waals surface area contributed by atoms with Crippen LogP contribution < -0.4 is 4.74 Å². The van der Waals surface area contributed by atoms with Crippen molar-refractivity contribution in [2.75, 3.05) is 13.2 Å². The summed E-state index contributed by atoms with van der Waals surface area (Å²) in [5.74, 6) is -1.26. The fourth-order valence-electron chi connectivity index (χ4n) is 1.42. The first-order valence-corrected chi connectivity index (χ1v) is 6.13. The number of esters is 1. The largest absolute Gasteiger partial charge is 0.481 e. The lowest BCUT2D eigenvalue weighted by atomic mass is 10.1. The van der Waals surface area contributed by atoms with E-state index in [4.69, 9.17) is 9.47 Å². The van der Waals surface area contributed by atoms with Crippen molar-refractivity contribution in [3.63, 3.8) is 0 Å². The SMILES string of the molecule is CCCCOC(=O)COc1cc(F)ccc1C(C)=O. The summed E-state index contributed by atoms with van der Waals surface area (Å²) < 4.78 is 23.1. The van der Waals surface area contributed by atoms with Crippen LogP contribution in [0.15, 0.2) is 18.2 Å². The van der Waals surface area contributed by atoms with Crippen LogP contribution in [-0.2, 0) is 9.53 Å². The zero-order valence-electron chi connectivity index (χ0n) is 11.1. The minimum absolute atomic E-state index is 0.0555. The molecule has 0 atom stereocenters. The molecule has 0 saturated carbocycles. The number of ether oxygens (including phenoxy) is 2. The molecule has 5 heteroatoms. The van der Waals surface area contributed by atoms with Gasteiger partial charge >= 0.3 is 5.97 Å². The van der Waals surface area contributed by atoms with Gasteiger partial charge in [-0.1, -0.05) is 13.3 Å². The van der Waals surface area contributed by atoms with Crippen LogP contribution in [0.25, 0.3) is 0 Å². The van der Waals surface area contributed by atoms with Gasteiger partial charge in [-0.05, 0) is 25.5 Å². The van der Waals surface area contributed by atoms with Crippen LogP contribution in [0.1, 0.15) is 37.0 Å². The first-order valence-electron chi connectivity index (χ1n) is 6.13. The second-order valence-corrected chi connectivity index (χ2v) is 4.06. The fourth-order valence-corrected chi connectivity index (χ4v) is 1.42. The van der Waals surface area contributed by atoms with Gasteiger partial charge in [0.15, 0.2) is 12.4 Å². The minimum Gasteiger partial charge on any atom is -0.481 e. The van der Waals surface area contributed by atoms with Gasteiger partial charge in [0.05, 0.1) is 12.2 Å². The number of hydrogen-bond acceptors (Lipinski definition) is 4. The number of rotatable bonds is 7. The van der Waals surface area contributed by atoms with Crippen LogP contribution in [0.3, 0.4) is 0 Å². The Morgan fingerprint density at radius 3 is 2.68 bits per heavy atom. The third-order valence-corrected chi connectivity index (χ3v) is 2.43. The molecule has 19 heavy (non-hydrogen) atoms. The topological polar surface area (TPSA) is 52.6 Å². The molecule has 0 heterocycles. The second kappa shape index (κ2) is 7.51. The van der Waals surface area contributed by atoms with E-state index in [0.717, 1.165) is 18.9 Å². The van der Waals surface area contributed by atoms with Gasteiger partial charge in [-0.25, -0.2) is 9.18 Å². The zero-order chi connectivity index (χ0) is 14.3. The molecule has 0 aliphatic rings. The Morgan fingerprint density at radius 2 is 2.05 bits per heavy atom.